The van der Waals surface area contributed by atoms with Gasteiger partial charge in [-0.25, -0.2) is 4.99 Å². The van der Waals surface area contributed by atoms with Crippen LogP contribution in [0.3, 0.4) is 0 Å². The molecular weight excluding hydrogens is 336 g/mol. The maximum Gasteiger partial charge on any atom is 0.200 e. The molecule has 0 bridgehead atoms. The van der Waals surface area contributed by atoms with Crippen molar-refractivity contribution < 1.29 is 9.53 Å². The first-order valence-corrected chi connectivity index (χ1v) is 8.55. The number of carbonyl (C=O) groups excluding carboxylic acids is 1. The first-order chi connectivity index (χ1) is 11.9. The summed E-state index contributed by atoms with van der Waals surface area (Å²) >= 11 is 5.92. The smallest absolute Gasteiger partial charge is 0.200 e. The minimum absolute atomic E-state index is 0.0260. The number of aliphatic imine (C=N–C) groups is 1. The van der Waals surface area contributed by atoms with Gasteiger partial charge in [-0.3, -0.25) is 4.79 Å². The third kappa shape index (κ3) is 5.33. The number of ether oxygens (including phenoxy) is 1. The number of Topliss-reactive ketones (excluding diaryl/α,β-unsaturated/α-hetero) is 1. The van der Waals surface area contributed by atoms with E-state index < -0.39 is 0 Å². The molecule has 0 unspecified atom stereocenters. The van der Waals surface area contributed by atoms with Gasteiger partial charge in [0.15, 0.2) is 12.4 Å². The lowest BCUT2D eigenvalue weighted by molar-refractivity contribution is 0.0921. The predicted octanol–water partition coefficient (Wildman–Crippen LogP) is 4.83. The monoisotopic (exact) mass is 358 g/mol. The summed E-state index contributed by atoms with van der Waals surface area (Å²) in [7, 11) is 1.97. The van der Waals surface area contributed by atoms with Crippen LogP contribution in [0.4, 0.5) is 5.69 Å². The molecule has 0 aliphatic rings. The minimum Gasteiger partial charge on any atom is -0.485 e. The van der Waals surface area contributed by atoms with Crippen LogP contribution in [0.15, 0.2) is 41.4 Å². The Kier molecular flexibility index (Phi) is 6.59. The standard InChI is InChI=1S/C20H23ClN2O2/c1-5-23(4)13-22-19-10-14(2)18(9-15(19)3)20(24)12-25-17-8-6-7-16(21)11-17/h6-11,13H,5,12H2,1-4H3. The molecule has 2 rings (SSSR count). The molecule has 0 N–H and O–H groups in total. The van der Waals surface area contributed by atoms with Gasteiger partial charge in [0.1, 0.15) is 5.75 Å². The number of benzene rings is 2. The average Bonchev–Trinajstić information content (AvgIpc) is 2.59. The van der Waals surface area contributed by atoms with E-state index in [9.17, 15) is 4.79 Å². The van der Waals surface area contributed by atoms with Crippen LogP contribution < -0.4 is 4.74 Å². The van der Waals surface area contributed by atoms with Gasteiger partial charge in [-0.15, -0.1) is 0 Å². The Balaban J connectivity index is 2.12. The zero-order valence-corrected chi connectivity index (χ0v) is 15.8. The van der Waals surface area contributed by atoms with E-state index in [1.54, 1.807) is 30.6 Å². The highest BCUT2D eigenvalue weighted by Gasteiger charge is 2.12. The highest BCUT2D eigenvalue weighted by atomic mass is 35.5. The molecule has 25 heavy (non-hydrogen) atoms. The first-order valence-electron chi connectivity index (χ1n) is 8.18. The molecule has 0 spiro atoms. The summed E-state index contributed by atoms with van der Waals surface area (Å²) in [4.78, 5) is 19.0. The Hall–Kier alpha value is -2.33. The molecule has 0 amide bonds. The third-order valence-corrected chi connectivity index (χ3v) is 4.14. The highest BCUT2D eigenvalue weighted by Crippen LogP contribution is 2.24. The van der Waals surface area contributed by atoms with Crippen LogP contribution in [-0.4, -0.2) is 37.2 Å². The fourth-order valence-electron chi connectivity index (χ4n) is 2.27. The fourth-order valence-corrected chi connectivity index (χ4v) is 2.45. The third-order valence-electron chi connectivity index (χ3n) is 3.90. The van der Waals surface area contributed by atoms with Crippen LogP contribution in [0.2, 0.25) is 5.02 Å². The van der Waals surface area contributed by atoms with Crippen LogP contribution in [0, 0.1) is 13.8 Å². The molecule has 132 valence electrons. The Morgan fingerprint density at radius 2 is 2.00 bits per heavy atom. The van der Waals surface area contributed by atoms with Crippen molar-refractivity contribution >= 4 is 29.4 Å². The van der Waals surface area contributed by atoms with Crippen LogP contribution in [0.5, 0.6) is 5.75 Å². The van der Waals surface area contributed by atoms with Crippen LogP contribution in [-0.2, 0) is 0 Å². The lowest BCUT2D eigenvalue weighted by Crippen LogP contribution is -2.14. The van der Waals surface area contributed by atoms with Crippen molar-refractivity contribution in [1.82, 2.24) is 4.90 Å². The maximum absolute atomic E-state index is 12.5. The average molecular weight is 359 g/mol. The van der Waals surface area contributed by atoms with Crippen molar-refractivity contribution in [2.45, 2.75) is 20.8 Å². The second-order valence-corrected chi connectivity index (χ2v) is 6.38. The lowest BCUT2D eigenvalue weighted by atomic mass is 10.0. The largest absolute Gasteiger partial charge is 0.485 e. The molecule has 0 saturated carbocycles. The van der Waals surface area contributed by atoms with Crippen molar-refractivity contribution in [2.75, 3.05) is 20.2 Å². The zero-order valence-electron chi connectivity index (χ0n) is 15.0. The van der Waals surface area contributed by atoms with E-state index in [-0.39, 0.29) is 12.4 Å². The molecule has 4 nitrogen and oxygen atoms in total. The summed E-state index contributed by atoms with van der Waals surface area (Å²) in [6, 6.07) is 10.8. The summed E-state index contributed by atoms with van der Waals surface area (Å²) in [5.74, 6) is 0.515. The Morgan fingerprint density at radius 3 is 2.68 bits per heavy atom. The molecule has 0 fully saturated rings. The molecule has 0 aromatic heterocycles. The van der Waals surface area contributed by atoms with Crippen LogP contribution >= 0.6 is 11.6 Å². The Bertz CT molecular complexity index is 787. The minimum atomic E-state index is -0.0678. The van der Waals surface area contributed by atoms with Crippen molar-refractivity contribution in [3.05, 3.63) is 58.1 Å². The number of carbonyl (C=O) groups is 1. The van der Waals surface area contributed by atoms with E-state index in [2.05, 4.69) is 11.9 Å². The van der Waals surface area contributed by atoms with E-state index in [0.717, 1.165) is 23.4 Å². The molecule has 0 aliphatic carbocycles. The van der Waals surface area contributed by atoms with E-state index in [1.165, 1.54) is 0 Å². The number of aryl methyl sites for hydroxylation is 2. The van der Waals surface area contributed by atoms with E-state index in [0.29, 0.717) is 16.3 Å². The van der Waals surface area contributed by atoms with Gasteiger partial charge in [0.2, 0.25) is 0 Å². The number of ketones is 1. The quantitative estimate of drug-likeness (QED) is 0.404. The molecule has 0 atom stereocenters. The SMILES string of the molecule is CCN(C)C=Nc1cc(C)c(C(=O)COc2cccc(Cl)c2)cc1C. The Morgan fingerprint density at radius 1 is 1.24 bits per heavy atom. The normalized spacial score (nSPS) is 10.9. The maximum atomic E-state index is 12.5. The van der Waals surface area contributed by atoms with Crippen LogP contribution in [0.1, 0.15) is 28.4 Å². The van der Waals surface area contributed by atoms with Gasteiger partial charge in [-0.05, 0) is 62.2 Å². The molecule has 2 aromatic carbocycles. The van der Waals surface area contributed by atoms with E-state index in [1.807, 2.05) is 37.9 Å². The number of halogens is 1. The van der Waals surface area contributed by atoms with Gasteiger partial charge < -0.3 is 9.64 Å². The lowest BCUT2D eigenvalue weighted by Gasteiger charge is -2.12. The molecule has 0 heterocycles. The molecule has 0 saturated heterocycles. The number of hydrogen-bond acceptors (Lipinski definition) is 3. The van der Waals surface area contributed by atoms with Gasteiger partial charge in [0.05, 0.1) is 12.0 Å². The van der Waals surface area contributed by atoms with Crippen molar-refractivity contribution in [3.8, 4) is 5.75 Å². The predicted molar refractivity (Wildman–Crippen MR) is 104 cm³/mol. The van der Waals surface area contributed by atoms with Crippen molar-refractivity contribution in [2.24, 2.45) is 4.99 Å². The fraction of sp³-hybridized carbons (Fsp3) is 0.300. The van der Waals surface area contributed by atoms with Gasteiger partial charge in [-0.2, -0.15) is 0 Å². The van der Waals surface area contributed by atoms with Gasteiger partial charge in [0.25, 0.3) is 0 Å². The van der Waals surface area contributed by atoms with E-state index in [4.69, 9.17) is 16.3 Å². The zero-order chi connectivity index (χ0) is 18.4. The van der Waals surface area contributed by atoms with Crippen molar-refractivity contribution in [3.63, 3.8) is 0 Å². The first kappa shape index (κ1) is 19.0. The van der Waals surface area contributed by atoms with Crippen LogP contribution in [0.25, 0.3) is 0 Å². The second-order valence-electron chi connectivity index (χ2n) is 5.94. The van der Waals surface area contributed by atoms with Gasteiger partial charge >= 0.3 is 0 Å². The number of rotatable bonds is 7. The number of hydrogen-bond donors (Lipinski definition) is 0. The summed E-state index contributed by atoms with van der Waals surface area (Å²) in [5.41, 5.74) is 3.36. The van der Waals surface area contributed by atoms with E-state index >= 15 is 0 Å². The molecule has 0 radical (unpaired) electrons. The molecule has 0 aliphatic heterocycles. The molecule has 2 aromatic rings. The summed E-state index contributed by atoms with van der Waals surface area (Å²) in [5, 5.41) is 0.580. The molecular formula is C20H23ClN2O2. The van der Waals surface area contributed by atoms with Gasteiger partial charge in [-0.1, -0.05) is 17.7 Å². The summed E-state index contributed by atoms with van der Waals surface area (Å²) in [6.07, 6.45) is 1.80. The highest BCUT2D eigenvalue weighted by molar-refractivity contribution is 6.30. The van der Waals surface area contributed by atoms with Crippen molar-refractivity contribution in [1.29, 1.82) is 0 Å². The summed E-state index contributed by atoms with van der Waals surface area (Å²) < 4.78 is 5.55. The topological polar surface area (TPSA) is 41.9 Å². The Labute approximate surface area is 154 Å². The summed E-state index contributed by atoms with van der Waals surface area (Å²) in [6.45, 7) is 6.79. The second kappa shape index (κ2) is 8.67. The number of nitrogens with zero attached hydrogens (tertiary/aromatic N) is 2. The van der Waals surface area contributed by atoms with Gasteiger partial charge in [0, 0.05) is 24.2 Å². The molecule has 5 heteroatoms.